The number of carbonyl (C=O) groups excluding carboxylic acids is 2. The molecule has 0 fully saturated rings. The van der Waals surface area contributed by atoms with Crippen molar-refractivity contribution in [1.29, 1.82) is 5.26 Å². The summed E-state index contributed by atoms with van der Waals surface area (Å²) < 4.78 is 44.7. The van der Waals surface area contributed by atoms with Crippen LogP contribution in [0.25, 0.3) is 6.08 Å². The highest BCUT2D eigenvalue weighted by molar-refractivity contribution is 7.13. The van der Waals surface area contributed by atoms with Gasteiger partial charge in [-0.15, -0.1) is 11.3 Å². The van der Waals surface area contributed by atoms with Crippen LogP contribution >= 0.6 is 22.9 Å². The van der Waals surface area contributed by atoms with Crippen LogP contribution < -0.4 is 15.4 Å². The Labute approximate surface area is 200 Å². The van der Waals surface area contributed by atoms with Gasteiger partial charge in [-0.05, 0) is 30.3 Å². The normalized spacial score (nSPS) is 11.4. The summed E-state index contributed by atoms with van der Waals surface area (Å²) in [7, 11) is 0. The number of amides is 2. The molecule has 0 unspecified atom stereocenters. The molecule has 3 aromatic rings. The number of nitrogens with zero attached hydrogens (tertiary/aromatic N) is 2. The first-order valence-electron chi connectivity index (χ1n) is 9.38. The lowest BCUT2D eigenvalue weighted by Crippen LogP contribution is -2.20. The zero-order valence-corrected chi connectivity index (χ0v) is 18.6. The van der Waals surface area contributed by atoms with Crippen LogP contribution in [0.2, 0.25) is 5.02 Å². The van der Waals surface area contributed by atoms with Gasteiger partial charge in [-0.25, -0.2) is 4.98 Å². The van der Waals surface area contributed by atoms with Crippen molar-refractivity contribution < 1.29 is 27.5 Å². The van der Waals surface area contributed by atoms with E-state index in [1.165, 1.54) is 35.7 Å². The molecule has 1 heterocycles. The number of nitriles is 1. The third-order valence-corrected chi connectivity index (χ3v) is 5.17. The van der Waals surface area contributed by atoms with Crippen LogP contribution in [0.5, 0.6) is 5.75 Å². The van der Waals surface area contributed by atoms with E-state index in [9.17, 15) is 28.0 Å². The van der Waals surface area contributed by atoms with Gasteiger partial charge >= 0.3 is 6.18 Å². The Bertz CT molecular complexity index is 1270. The highest BCUT2D eigenvalue weighted by atomic mass is 35.5. The zero-order chi connectivity index (χ0) is 24.7. The van der Waals surface area contributed by atoms with Gasteiger partial charge in [-0.3, -0.25) is 14.9 Å². The van der Waals surface area contributed by atoms with Gasteiger partial charge in [-0.1, -0.05) is 29.8 Å². The van der Waals surface area contributed by atoms with E-state index in [4.69, 9.17) is 16.3 Å². The predicted octanol–water partition coefficient (Wildman–Crippen LogP) is 5.38. The second kappa shape index (κ2) is 10.8. The number of carbonyl (C=O) groups is 2. The molecular formula is C22H14ClF3N4O3S. The molecule has 0 aliphatic carbocycles. The van der Waals surface area contributed by atoms with E-state index in [1.807, 2.05) is 0 Å². The predicted molar refractivity (Wildman–Crippen MR) is 121 cm³/mol. The van der Waals surface area contributed by atoms with Crippen LogP contribution in [0.15, 0.2) is 59.6 Å². The number of thiazole rings is 1. The number of alkyl halides is 3. The Morgan fingerprint density at radius 3 is 2.65 bits per heavy atom. The second-order valence-corrected chi connectivity index (χ2v) is 7.83. The molecule has 0 aliphatic rings. The molecular weight excluding hydrogens is 493 g/mol. The summed E-state index contributed by atoms with van der Waals surface area (Å²) in [5, 5.41) is 15.8. The van der Waals surface area contributed by atoms with Gasteiger partial charge in [0.2, 0.25) is 0 Å². The fourth-order valence-electron chi connectivity index (χ4n) is 2.64. The number of aromatic nitrogens is 1. The number of para-hydroxylation sites is 1. The van der Waals surface area contributed by atoms with Crippen LogP contribution in [-0.4, -0.2) is 23.4 Å². The number of hydrogen-bond donors (Lipinski definition) is 2. The maximum absolute atomic E-state index is 13.1. The molecule has 0 bridgehead atoms. The maximum Gasteiger partial charge on any atom is 0.417 e. The van der Waals surface area contributed by atoms with Crippen molar-refractivity contribution >= 4 is 51.6 Å². The Morgan fingerprint density at radius 1 is 1.21 bits per heavy atom. The van der Waals surface area contributed by atoms with Crippen molar-refractivity contribution in [2.75, 3.05) is 17.2 Å². The van der Waals surface area contributed by atoms with E-state index in [0.29, 0.717) is 16.8 Å². The van der Waals surface area contributed by atoms with Crippen molar-refractivity contribution in [3.05, 3.63) is 75.8 Å². The zero-order valence-electron chi connectivity index (χ0n) is 17.0. The summed E-state index contributed by atoms with van der Waals surface area (Å²) in [6.45, 7) is -0.358. The van der Waals surface area contributed by atoms with Gasteiger partial charge in [0.1, 0.15) is 17.4 Å². The fraction of sp³-hybridized carbons (Fsp3) is 0.0909. The Morgan fingerprint density at radius 2 is 1.97 bits per heavy atom. The number of hydrogen-bond acceptors (Lipinski definition) is 6. The van der Waals surface area contributed by atoms with Gasteiger partial charge in [-0.2, -0.15) is 18.4 Å². The van der Waals surface area contributed by atoms with Crippen LogP contribution in [0.1, 0.15) is 11.1 Å². The highest BCUT2D eigenvalue weighted by Gasteiger charge is 2.33. The number of ether oxygens (including phenoxy) is 1. The average molecular weight is 507 g/mol. The summed E-state index contributed by atoms with van der Waals surface area (Å²) in [6.07, 6.45) is -1.98. The van der Waals surface area contributed by atoms with Crippen LogP contribution in [0.4, 0.5) is 24.0 Å². The molecule has 0 aliphatic heterocycles. The molecule has 0 saturated heterocycles. The second-order valence-electron chi connectivity index (χ2n) is 6.53. The number of rotatable bonds is 7. The molecule has 2 amide bonds. The Kier molecular flexibility index (Phi) is 7.88. The maximum atomic E-state index is 13.1. The van der Waals surface area contributed by atoms with E-state index in [1.54, 1.807) is 29.6 Å². The van der Waals surface area contributed by atoms with Crippen LogP contribution in [-0.2, 0) is 15.8 Å². The molecule has 1 aromatic heterocycles. The number of anilines is 2. The van der Waals surface area contributed by atoms with Gasteiger partial charge in [0.25, 0.3) is 11.8 Å². The van der Waals surface area contributed by atoms with Gasteiger partial charge in [0.05, 0.1) is 10.6 Å². The molecule has 0 spiro atoms. The fourth-order valence-corrected chi connectivity index (χ4v) is 3.41. The first-order chi connectivity index (χ1) is 16.2. The van der Waals surface area contributed by atoms with Crippen molar-refractivity contribution in [1.82, 2.24) is 4.98 Å². The molecule has 2 N–H and O–H groups in total. The average Bonchev–Trinajstić information content (AvgIpc) is 3.30. The summed E-state index contributed by atoms with van der Waals surface area (Å²) in [5.41, 5.74) is -1.40. The van der Waals surface area contributed by atoms with E-state index in [2.05, 4.69) is 15.6 Å². The Balaban J connectivity index is 1.74. The van der Waals surface area contributed by atoms with Gasteiger partial charge in [0, 0.05) is 22.8 Å². The first kappa shape index (κ1) is 24.8. The van der Waals surface area contributed by atoms with E-state index < -0.39 is 34.1 Å². The minimum Gasteiger partial charge on any atom is -0.483 e. The molecule has 0 atom stereocenters. The molecule has 7 nitrogen and oxygen atoms in total. The van der Waals surface area contributed by atoms with Crippen molar-refractivity contribution in [3.8, 4) is 11.8 Å². The van der Waals surface area contributed by atoms with Gasteiger partial charge in [0.15, 0.2) is 11.7 Å². The van der Waals surface area contributed by atoms with Crippen LogP contribution in [0.3, 0.4) is 0 Å². The van der Waals surface area contributed by atoms with E-state index >= 15 is 0 Å². The molecule has 34 heavy (non-hydrogen) atoms. The minimum atomic E-state index is -4.71. The topological polar surface area (TPSA) is 104 Å². The quantitative estimate of drug-likeness (QED) is 0.331. The van der Waals surface area contributed by atoms with E-state index in [-0.39, 0.29) is 18.0 Å². The first-order valence-corrected chi connectivity index (χ1v) is 10.6. The smallest absolute Gasteiger partial charge is 0.417 e. The van der Waals surface area contributed by atoms with Gasteiger partial charge < -0.3 is 10.1 Å². The lowest BCUT2D eigenvalue weighted by Gasteiger charge is -2.12. The number of halogens is 4. The SMILES string of the molecule is N#CC(=Cc1ccccc1OCC(=O)Nc1nccs1)C(=O)Nc1ccc(Cl)c(C(F)(F)F)c1. The number of benzene rings is 2. The molecule has 174 valence electrons. The summed E-state index contributed by atoms with van der Waals surface area (Å²) in [6, 6.07) is 10.9. The monoisotopic (exact) mass is 506 g/mol. The molecule has 12 heteroatoms. The summed E-state index contributed by atoms with van der Waals surface area (Å²) in [4.78, 5) is 28.5. The highest BCUT2D eigenvalue weighted by Crippen LogP contribution is 2.36. The van der Waals surface area contributed by atoms with Crippen molar-refractivity contribution in [3.63, 3.8) is 0 Å². The van der Waals surface area contributed by atoms with Crippen molar-refractivity contribution in [2.24, 2.45) is 0 Å². The third-order valence-electron chi connectivity index (χ3n) is 4.15. The minimum absolute atomic E-state index is 0.189. The molecule has 0 saturated carbocycles. The molecule has 3 rings (SSSR count). The summed E-state index contributed by atoms with van der Waals surface area (Å²) in [5.74, 6) is -1.19. The molecule has 0 radical (unpaired) electrons. The largest absolute Gasteiger partial charge is 0.483 e. The lowest BCUT2D eigenvalue weighted by atomic mass is 10.1. The van der Waals surface area contributed by atoms with E-state index in [0.717, 1.165) is 6.07 Å². The molecule has 2 aromatic carbocycles. The Hall–Kier alpha value is -3.88. The standard InChI is InChI=1S/C22H14ClF3N4O3S/c23-17-6-5-15(10-16(17)22(24,25)26)29-20(32)14(11-27)9-13-3-1-2-4-18(13)33-12-19(31)30-21-28-7-8-34-21/h1-10H,12H2,(H,29,32)(H,28,30,31). The van der Waals surface area contributed by atoms with Crippen LogP contribution in [0, 0.1) is 11.3 Å². The number of nitrogens with one attached hydrogen (secondary N) is 2. The van der Waals surface area contributed by atoms with Crippen molar-refractivity contribution in [2.45, 2.75) is 6.18 Å². The third kappa shape index (κ3) is 6.57. The lowest BCUT2D eigenvalue weighted by molar-refractivity contribution is -0.137. The summed E-state index contributed by atoms with van der Waals surface area (Å²) >= 11 is 6.82.